The van der Waals surface area contributed by atoms with Gasteiger partial charge >= 0.3 is 16.5 Å². The third-order valence-corrected chi connectivity index (χ3v) is 0.466. The second-order valence-corrected chi connectivity index (χ2v) is 0.921. The van der Waals surface area contributed by atoms with E-state index in [1.807, 2.05) is 6.34 Å². The molecule has 1 aliphatic rings. The Hall–Kier alpha value is -1.62. The summed E-state index contributed by atoms with van der Waals surface area (Å²) in [6.45, 7) is 0. The number of hydrazine groups is 1. The van der Waals surface area contributed by atoms with Crippen molar-refractivity contribution in [3.63, 3.8) is 0 Å². The molecular weight excluding hydrogens is 114 g/mol. The summed E-state index contributed by atoms with van der Waals surface area (Å²) < 4.78 is 0. The van der Waals surface area contributed by atoms with Crippen LogP contribution in [0, 0.1) is 4.91 Å². The first-order valence-electron chi connectivity index (χ1n) is 1.63. The lowest BCUT2D eigenvalue weighted by Crippen LogP contribution is -2.21. The van der Waals surface area contributed by atoms with E-state index in [1.165, 1.54) is 0 Å². The Kier molecular flexibility index (Phi) is 0.833. The van der Waals surface area contributed by atoms with Crippen LogP contribution in [0.3, 0.4) is 0 Å². The fourth-order valence-electron chi connectivity index (χ4n) is 0.210. The molecule has 0 amide bonds. The number of hydrogen-bond acceptors (Lipinski definition) is 4. The molecule has 0 saturated carbocycles. The van der Waals surface area contributed by atoms with Crippen LogP contribution in [-0.4, -0.2) is 21.7 Å². The Morgan fingerprint density at radius 3 is 2.75 bits per heavy atom. The standard InChI is InChI=1S/CHN5O2/c7-6(8)5-1-2-3-4-5/h(H,7,8)/q+2. The van der Waals surface area contributed by atoms with Crippen LogP contribution >= 0.6 is 0 Å². The van der Waals surface area contributed by atoms with Crippen molar-refractivity contribution in [1.82, 2.24) is 5.12 Å². The molecule has 0 aliphatic carbocycles. The molecule has 0 saturated heterocycles. The molecule has 0 unspecified atom stereocenters. The molecule has 1 N–H and O–H groups in total. The van der Waals surface area contributed by atoms with Gasteiger partial charge in [-0.15, -0.1) is 0 Å². The summed E-state index contributed by atoms with van der Waals surface area (Å²) in [5.41, 5.74) is 0. The van der Waals surface area contributed by atoms with Gasteiger partial charge in [-0.05, 0) is 0 Å². The predicted octanol–water partition coefficient (Wildman–Crippen LogP) is -0.427. The Labute approximate surface area is 43.4 Å². The van der Waals surface area contributed by atoms with E-state index in [4.69, 9.17) is 5.21 Å². The van der Waals surface area contributed by atoms with E-state index >= 15 is 0 Å². The minimum atomic E-state index is -0.542. The lowest BCUT2D eigenvalue weighted by molar-refractivity contribution is -0.887. The summed E-state index contributed by atoms with van der Waals surface area (Å²) in [7, 11) is 0. The average Bonchev–Trinajstić information content (AvgIpc) is 2.12. The maximum Gasteiger partial charge on any atom is 0.645 e. The smallest absolute Gasteiger partial charge is 0.293 e. The molecule has 1 rings (SSSR count). The van der Waals surface area contributed by atoms with Gasteiger partial charge < -0.3 is 0 Å². The minimum absolute atomic E-state index is 0.403. The topological polar surface area (TPSA) is 80.6 Å². The van der Waals surface area contributed by atoms with Crippen molar-refractivity contribution < 1.29 is 10.2 Å². The van der Waals surface area contributed by atoms with Crippen molar-refractivity contribution in [1.29, 1.82) is 0 Å². The second kappa shape index (κ2) is 1.47. The summed E-state index contributed by atoms with van der Waals surface area (Å²) in [5, 5.41) is 16.8. The molecule has 7 heteroatoms. The van der Waals surface area contributed by atoms with Crippen molar-refractivity contribution in [3.05, 3.63) is 4.91 Å². The molecule has 0 bridgehead atoms. The molecule has 0 aromatic heterocycles. The van der Waals surface area contributed by atoms with Gasteiger partial charge in [-0.2, -0.15) is 0 Å². The predicted molar refractivity (Wildman–Crippen MR) is 19.5 cm³/mol. The Balaban J connectivity index is 2.62. The molecule has 0 atom stereocenters. The van der Waals surface area contributed by atoms with Crippen LogP contribution in [0.25, 0.3) is 0 Å². The van der Waals surface area contributed by atoms with Gasteiger partial charge in [0.1, 0.15) is 0 Å². The van der Waals surface area contributed by atoms with Crippen LogP contribution in [0.15, 0.2) is 15.5 Å². The molecule has 8 heavy (non-hydrogen) atoms. The summed E-state index contributed by atoms with van der Waals surface area (Å²) in [6, 6.07) is 0. The van der Waals surface area contributed by atoms with E-state index in [1.54, 1.807) is 0 Å². The van der Waals surface area contributed by atoms with Gasteiger partial charge in [-0.3, -0.25) is 5.21 Å². The van der Waals surface area contributed by atoms with E-state index in [0.29, 0.717) is 5.12 Å². The third kappa shape index (κ3) is 0.569. The molecule has 40 valence electrons. The zero-order chi connectivity index (χ0) is 5.98. The van der Waals surface area contributed by atoms with Crippen LogP contribution in [0.2, 0.25) is 0 Å². The largest absolute Gasteiger partial charge is 0.645 e. The lowest BCUT2D eigenvalue weighted by atomic mass is 11.3. The van der Waals surface area contributed by atoms with Crippen molar-refractivity contribution in [2.75, 3.05) is 0 Å². The van der Waals surface area contributed by atoms with Crippen LogP contribution in [-0.2, 0) is 0 Å². The fraction of sp³-hybridized carbons (Fsp3) is 0. The Bertz CT molecular complexity index is 148. The maximum atomic E-state index is 9.77. The molecule has 0 aromatic carbocycles. The zero-order valence-electron chi connectivity index (χ0n) is 3.59. The van der Waals surface area contributed by atoms with Crippen molar-refractivity contribution in [2.45, 2.75) is 0 Å². The molecular formula is CHN5O2+2. The average molecular weight is 115 g/mol. The highest BCUT2D eigenvalue weighted by Gasteiger charge is 2.38. The van der Waals surface area contributed by atoms with Gasteiger partial charge in [0, 0.05) is 4.91 Å². The highest BCUT2D eigenvalue weighted by atomic mass is 16.7. The normalized spacial score (nSPS) is 14.2. The first kappa shape index (κ1) is 4.54. The first-order chi connectivity index (χ1) is 3.80. The monoisotopic (exact) mass is 115 g/mol. The van der Waals surface area contributed by atoms with Gasteiger partial charge in [0.15, 0.2) is 10.3 Å². The number of hydrogen-bond donors (Lipinski definition) is 1. The van der Waals surface area contributed by atoms with Gasteiger partial charge in [0.2, 0.25) is 0 Å². The number of rotatable bonds is 1. The van der Waals surface area contributed by atoms with Crippen LogP contribution < -0.4 is 0 Å². The van der Waals surface area contributed by atoms with Crippen molar-refractivity contribution in [3.8, 4) is 0 Å². The summed E-state index contributed by atoms with van der Waals surface area (Å²) >= 11 is 0. The highest BCUT2D eigenvalue weighted by Crippen LogP contribution is 1.92. The molecule has 1 aliphatic heterocycles. The van der Waals surface area contributed by atoms with E-state index < -0.39 is 5.03 Å². The van der Waals surface area contributed by atoms with Gasteiger partial charge in [0.05, 0.1) is 0 Å². The Morgan fingerprint density at radius 2 is 2.50 bits per heavy atom. The van der Waals surface area contributed by atoms with Crippen LogP contribution in [0.4, 0.5) is 0 Å². The van der Waals surface area contributed by atoms with E-state index in [0.717, 1.165) is 0 Å². The summed E-state index contributed by atoms with van der Waals surface area (Å²) in [6.07, 6.45) is 1.94. The van der Waals surface area contributed by atoms with E-state index in [9.17, 15) is 4.91 Å². The van der Waals surface area contributed by atoms with Crippen LogP contribution in [0.5, 0.6) is 0 Å². The second-order valence-electron chi connectivity index (χ2n) is 0.921. The fourth-order valence-corrected chi connectivity index (χ4v) is 0.210. The molecule has 0 aromatic rings. The lowest BCUT2D eigenvalue weighted by Gasteiger charge is -1.69. The van der Waals surface area contributed by atoms with Crippen LogP contribution in [0.1, 0.15) is 0 Å². The van der Waals surface area contributed by atoms with Gasteiger partial charge in [-0.25, -0.2) is 0 Å². The van der Waals surface area contributed by atoms with E-state index in [2.05, 4.69) is 15.5 Å². The van der Waals surface area contributed by atoms with Crippen molar-refractivity contribution >= 4 is 6.34 Å². The van der Waals surface area contributed by atoms with Gasteiger partial charge in [-0.1, -0.05) is 0 Å². The highest BCUT2D eigenvalue weighted by molar-refractivity contribution is 5.52. The zero-order valence-corrected chi connectivity index (χ0v) is 3.59. The maximum absolute atomic E-state index is 9.77. The molecule has 0 radical (unpaired) electrons. The number of nitrogens with zero attached hydrogens (tertiary/aromatic N) is 5. The third-order valence-electron chi connectivity index (χ3n) is 0.466. The SMILES string of the molecule is O=[N+](O)N1[C+]=NN=N1. The molecule has 0 fully saturated rings. The van der Waals surface area contributed by atoms with Crippen molar-refractivity contribution in [2.24, 2.45) is 15.5 Å². The Morgan fingerprint density at radius 1 is 1.75 bits per heavy atom. The van der Waals surface area contributed by atoms with Gasteiger partial charge in [0.25, 0.3) is 5.22 Å². The quantitative estimate of drug-likeness (QED) is 0.372. The summed E-state index contributed by atoms with van der Waals surface area (Å²) in [5.74, 6) is 0. The van der Waals surface area contributed by atoms with E-state index in [-0.39, 0.29) is 0 Å². The minimum Gasteiger partial charge on any atom is -0.293 e. The first-order valence-corrected chi connectivity index (χ1v) is 1.63. The summed E-state index contributed by atoms with van der Waals surface area (Å²) in [4.78, 5) is 9.77. The molecule has 0 spiro atoms. The molecule has 1 heterocycles. The molecule has 7 nitrogen and oxygen atoms in total.